The standard InChI is InChI=1S/C21H23N3O3S2/c25-29(26,18-10-9-15-5-1-2-6-16(15)13-18)24-11-3-7-17(14-24)20-22-23-21(27-20)19-8-4-12-28-19/h4,8-10,12-13,17H,1-3,5-7,11,14H2. The van der Waals surface area contributed by atoms with Crippen molar-refractivity contribution in [3.05, 3.63) is 52.7 Å². The number of fused-ring (bicyclic) bond motifs is 1. The van der Waals surface area contributed by atoms with E-state index in [1.54, 1.807) is 21.7 Å². The average Bonchev–Trinajstić information content (AvgIpc) is 3.45. The molecule has 8 heteroatoms. The highest BCUT2D eigenvalue weighted by Gasteiger charge is 2.33. The van der Waals surface area contributed by atoms with Crippen molar-refractivity contribution in [1.82, 2.24) is 14.5 Å². The Kier molecular flexibility index (Phi) is 5.01. The molecule has 0 saturated carbocycles. The number of aryl methyl sites for hydroxylation is 2. The van der Waals surface area contributed by atoms with Crippen molar-refractivity contribution in [2.75, 3.05) is 13.1 Å². The van der Waals surface area contributed by atoms with Crippen LogP contribution in [0.15, 0.2) is 45.0 Å². The minimum absolute atomic E-state index is 0.0719. The third-order valence-electron chi connectivity index (χ3n) is 5.86. The molecular weight excluding hydrogens is 406 g/mol. The molecule has 29 heavy (non-hydrogen) atoms. The molecule has 5 rings (SSSR count). The number of benzene rings is 1. The maximum atomic E-state index is 13.3. The summed E-state index contributed by atoms with van der Waals surface area (Å²) in [7, 11) is -3.53. The molecule has 1 fully saturated rings. The lowest BCUT2D eigenvalue weighted by atomic mass is 9.92. The van der Waals surface area contributed by atoms with Crippen LogP contribution in [-0.4, -0.2) is 36.0 Å². The molecular formula is C21H23N3O3S2. The van der Waals surface area contributed by atoms with E-state index in [2.05, 4.69) is 10.2 Å². The Morgan fingerprint density at radius 1 is 1.07 bits per heavy atom. The number of nitrogens with zero attached hydrogens (tertiary/aromatic N) is 3. The van der Waals surface area contributed by atoms with Crippen molar-refractivity contribution in [2.45, 2.75) is 49.3 Å². The van der Waals surface area contributed by atoms with Gasteiger partial charge in [-0.15, -0.1) is 21.5 Å². The van der Waals surface area contributed by atoms with E-state index in [9.17, 15) is 8.42 Å². The van der Waals surface area contributed by atoms with Crippen molar-refractivity contribution >= 4 is 21.4 Å². The van der Waals surface area contributed by atoms with E-state index in [-0.39, 0.29) is 5.92 Å². The van der Waals surface area contributed by atoms with Crippen LogP contribution in [0.3, 0.4) is 0 Å². The molecule has 0 N–H and O–H groups in total. The lowest BCUT2D eigenvalue weighted by molar-refractivity contribution is 0.286. The molecule has 2 aliphatic rings. The summed E-state index contributed by atoms with van der Waals surface area (Å²) in [6.07, 6.45) is 5.96. The van der Waals surface area contributed by atoms with Crippen molar-refractivity contribution in [1.29, 1.82) is 0 Å². The first kappa shape index (κ1) is 19.0. The predicted molar refractivity (Wildman–Crippen MR) is 111 cm³/mol. The zero-order valence-electron chi connectivity index (χ0n) is 16.1. The molecule has 0 amide bonds. The molecule has 0 bridgehead atoms. The second-order valence-electron chi connectivity index (χ2n) is 7.76. The first-order valence-electron chi connectivity index (χ1n) is 10.1. The monoisotopic (exact) mass is 429 g/mol. The van der Waals surface area contributed by atoms with Gasteiger partial charge in [-0.1, -0.05) is 12.1 Å². The molecule has 1 saturated heterocycles. The van der Waals surface area contributed by atoms with Gasteiger partial charge in [-0.2, -0.15) is 4.31 Å². The topological polar surface area (TPSA) is 76.3 Å². The van der Waals surface area contributed by atoms with Gasteiger partial charge in [-0.05, 0) is 73.2 Å². The molecule has 1 unspecified atom stereocenters. The summed E-state index contributed by atoms with van der Waals surface area (Å²) in [6, 6.07) is 9.53. The molecule has 3 heterocycles. The van der Waals surface area contributed by atoms with Gasteiger partial charge in [0, 0.05) is 13.1 Å². The minimum atomic E-state index is -3.53. The molecule has 1 aliphatic heterocycles. The van der Waals surface area contributed by atoms with Crippen LogP contribution in [0.5, 0.6) is 0 Å². The SMILES string of the molecule is O=S(=O)(c1ccc2c(c1)CCCC2)N1CCCC(c2nnc(-c3cccs3)o2)C1. The quantitative estimate of drug-likeness (QED) is 0.620. The summed E-state index contributed by atoms with van der Waals surface area (Å²) < 4.78 is 34.1. The largest absolute Gasteiger partial charge is 0.420 e. The molecule has 1 aromatic carbocycles. The fraction of sp³-hybridized carbons (Fsp3) is 0.429. The number of hydrogen-bond donors (Lipinski definition) is 0. The molecule has 2 aromatic heterocycles. The number of piperidine rings is 1. The fourth-order valence-corrected chi connectivity index (χ4v) is 6.50. The van der Waals surface area contributed by atoms with Crippen LogP contribution in [0.2, 0.25) is 0 Å². The highest BCUT2D eigenvalue weighted by molar-refractivity contribution is 7.89. The first-order chi connectivity index (χ1) is 14.1. The van der Waals surface area contributed by atoms with Crippen LogP contribution in [-0.2, 0) is 22.9 Å². The smallest absolute Gasteiger partial charge is 0.257 e. The third kappa shape index (κ3) is 3.65. The first-order valence-corrected chi connectivity index (χ1v) is 12.4. The highest BCUT2D eigenvalue weighted by Crippen LogP contribution is 2.33. The van der Waals surface area contributed by atoms with Crippen LogP contribution >= 0.6 is 11.3 Å². The van der Waals surface area contributed by atoms with Crippen LogP contribution in [0, 0.1) is 0 Å². The molecule has 1 aliphatic carbocycles. The van der Waals surface area contributed by atoms with Gasteiger partial charge in [0.1, 0.15) is 0 Å². The van der Waals surface area contributed by atoms with E-state index < -0.39 is 10.0 Å². The second-order valence-corrected chi connectivity index (χ2v) is 10.6. The van der Waals surface area contributed by atoms with E-state index in [1.165, 1.54) is 17.5 Å². The molecule has 1 atom stereocenters. The lowest BCUT2D eigenvalue weighted by Gasteiger charge is -2.30. The maximum Gasteiger partial charge on any atom is 0.257 e. The Morgan fingerprint density at radius 3 is 2.76 bits per heavy atom. The molecule has 0 spiro atoms. The Hall–Kier alpha value is -2.03. The minimum Gasteiger partial charge on any atom is -0.420 e. The molecule has 3 aromatic rings. The van der Waals surface area contributed by atoms with E-state index in [1.807, 2.05) is 29.6 Å². The van der Waals surface area contributed by atoms with Crippen LogP contribution in [0.1, 0.15) is 48.6 Å². The summed E-state index contributed by atoms with van der Waals surface area (Å²) in [5.74, 6) is 0.959. The molecule has 152 valence electrons. The van der Waals surface area contributed by atoms with Crippen molar-refractivity contribution < 1.29 is 12.8 Å². The fourth-order valence-electron chi connectivity index (χ4n) is 4.28. The predicted octanol–water partition coefficient (Wildman–Crippen LogP) is 4.25. The van der Waals surface area contributed by atoms with Crippen molar-refractivity contribution in [3.63, 3.8) is 0 Å². The van der Waals surface area contributed by atoms with Crippen molar-refractivity contribution in [3.8, 4) is 10.8 Å². The third-order valence-corrected chi connectivity index (χ3v) is 8.58. The van der Waals surface area contributed by atoms with Gasteiger partial charge in [-0.25, -0.2) is 8.42 Å². The number of aromatic nitrogens is 2. The van der Waals surface area contributed by atoms with Crippen LogP contribution in [0.4, 0.5) is 0 Å². The van der Waals surface area contributed by atoms with Crippen molar-refractivity contribution in [2.24, 2.45) is 0 Å². The van der Waals surface area contributed by atoms with E-state index in [0.29, 0.717) is 29.8 Å². The summed E-state index contributed by atoms with van der Waals surface area (Å²) in [5, 5.41) is 10.3. The van der Waals surface area contributed by atoms with Gasteiger partial charge in [0.2, 0.25) is 15.9 Å². The zero-order valence-corrected chi connectivity index (χ0v) is 17.7. The summed E-state index contributed by atoms with van der Waals surface area (Å²) in [6.45, 7) is 0.910. The van der Waals surface area contributed by atoms with Gasteiger partial charge in [0.15, 0.2) is 0 Å². The van der Waals surface area contributed by atoms with Gasteiger partial charge in [0.05, 0.1) is 15.7 Å². The average molecular weight is 430 g/mol. The van der Waals surface area contributed by atoms with E-state index in [4.69, 9.17) is 4.42 Å². The lowest BCUT2D eigenvalue weighted by Crippen LogP contribution is -2.39. The highest BCUT2D eigenvalue weighted by atomic mass is 32.2. The van der Waals surface area contributed by atoms with Crippen LogP contribution in [0.25, 0.3) is 10.8 Å². The second kappa shape index (κ2) is 7.66. The Balaban J connectivity index is 1.37. The number of sulfonamides is 1. The van der Waals surface area contributed by atoms with Crippen LogP contribution < -0.4 is 0 Å². The maximum absolute atomic E-state index is 13.3. The summed E-state index contributed by atoms with van der Waals surface area (Å²) in [4.78, 5) is 1.33. The van der Waals surface area contributed by atoms with Gasteiger partial charge < -0.3 is 4.42 Å². The number of rotatable bonds is 4. The normalized spacial score (nSPS) is 20.5. The van der Waals surface area contributed by atoms with Gasteiger partial charge >= 0.3 is 0 Å². The molecule has 6 nitrogen and oxygen atoms in total. The van der Waals surface area contributed by atoms with Gasteiger partial charge in [-0.3, -0.25) is 0 Å². The summed E-state index contributed by atoms with van der Waals surface area (Å²) >= 11 is 1.55. The van der Waals surface area contributed by atoms with E-state index in [0.717, 1.165) is 37.0 Å². The Bertz CT molecular complexity index is 1110. The zero-order chi connectivity index (χ0) is 19.8. The number of thiophene rings is 1. The Morgan fingerprint density at radius 2 is 1.93 bits per heavy atom. The Labute approximate surface area is 174 Å². The van der Waals surface area contributed by atoms with Gasteiger partial charge in [0.25, 0.3) is 5.89 Å². The number of hydrogen-bond acceptors (Lipinski definition) is 6. The van der Waals surface area contributed by atoms with E-state index >= 15 is 0 Å². The summed E-state index contributed by atoms with van der Waals surface area (Å²) in [5.41, 5.74) is 2.47. The molecule has 0 radical (unpaired) electrons.